The monoisotopic (exact) mass is 263 g/mol. The van der Waals surface area contributed by atoms with Gasteiger partial charge in [-0.3, -0.25) is 4.79 Å². The molecule has 0 N–H and O–H groups in total. The van der Waals surface area contributed by atoms with E-state index < -0.39 is 0 Å². The Morgan fingerprint density at radius 3 is 3.05 bits per heavy atom. The molecule has 2 bridgehead atoms. The highest BCUT2D eigenvalue weighted by atomic mass is 16.5. The van der Waals surface area contributed by atoms with E-state index in [9.17, 15) is 4.79 Å². The summed E-state index contributed by atoms with van der Waals surface area (Å²) in [4.78, 5) is 14.0. The van der Waals surface area contributed by atoms with Crippen LogP contribution in [0.4, 0.5) is 0 Å². The predicted molar refractivity (Wildman–Crippen MR) is 71.8 cm³/mol. The van der Waals surface area contributed by atoms with Crippen LogP contribution in [0.2, 0.25) is 0 Å². The molecule has 19 heavy (non-hydrogen) atoms. The maximum absolute atomic E-state index is 11.5. The molecule has 0 aromatic heterocycles. The topological polar surface area (TPSA) is 38.8 Å². The van der Waals surface area contributed by atoms with Crippen molar-refractivity contribution in [3.63, 3.8) is 0 Å². The van der Waals surface area contributed by atoms with E-state index in [1.165, 1.54) is 16.7 Å². The zero-order valence-electron chi connectivity index (χ0n) is 11.5. The Morgan fingerprint density at radius 1 is 1.37 bits per heavy atom. The number of cyclic esters (lactones) is 1. The number of fused-ring (bicyclic) bond motifs is 4. The quantitative estimate of drug-likeness (QED) is 0.675. The SMILES string of the molecule is CO[C@H]1C/C=C2/CCN(CCC3=C2CC(=O)OC3)C1. The lowest BCUT2D eigenvalue weighted by molar-refractivity contribution is -0.142. The summed E-state index contributed by atoms with van der Waals surface area (Å²) in [5, 5.41) is 0. The van der Waals surface area contributed by atoms with Gasteiger partial charge in [-0.05, 0) is 36.0 Å². The van der Waals surface area contributed by atoms with E-state index >= 15 is 0 Å². The summed E-state index contributed by atoms with van der Waals surface area (Å²) in [6, 6.07) is 0. The van der Waals surface area contributed by atoms with E-state index in [1.54, 1.807) is 7.11 Å². The molecular formula is C15H21NO3. The molecule has 0 aliphatic carbocycles. The molecule has 0 spiro atoms. The normalized spacial score (nSPS) is 34.4. The van der Waals surface area contributed by atoms with Crippen molar-refractivity contribution in [1.29, 1.82) is 0 Å². The maximum atomic E-state index is 11.5. The van der Waals surface area contributed by atoms with Gasteiger partial charge in [0.25, 0.3) is 0 Å². The van der Waals surface area contributed by atoms with E-state index in [0.29, 0.717) is 13.0 Å². The number of nitrogens with zero attached hydrogens (tertiary/aromatic N) is 1. The second kappa shape index (κ2) is 5.47. The molecule has 1 unspecified atom stereocenters. The Bertz CT molecular complexity index is 439. The minimum Gasteiger partial charge on any atom is -0.461 e. The third-order valence-electron chi connectivity index (χ3n) is 4.39. The lowest BCUT2D eigenvalue weighted by atomic mass is 9.88. The van der Waals surface area contributed by atoms with Gasteiger partial charge in [0.05, 0.1) is 12.5 Å². The zero-order valence-corrected chi connectivity index (χ0v) is 11.5. The molecule has 0 aromatic rings. The Hall–Kier alpha value is -1.13. The number of carbonyl (C=O) groups excluding carboxylic acids is 1. The zero-order chi connectivity index (χ0) is 13.2. The molecule has 3 aliphatic rings. The molecule has 104 valence electrons. The van der Waals surface area contributed by atoms with E-state index in [4.69, 9.17) is 9.47 Å². The van der Waals surface area contributed by atoms with Crippen LogP contribution in [0.25, 0.3) is 0 Å². The average Bonchev–Trinajstić information content (AvgIpc) is 2.38. The van der Waals surface area contributed by atoms with Crippen LogP contribution in [0.15, 0.2) is 22.8 Å². The molecule has 0 aromatic carbocycles. The van der Waals surface area contributed by atoms with Crippen LogP contribution in [0.3, 0.4) is 0 Å². The van der Waals surface area contributed by atoms with Gasteiger partial charge in [0.2, 0.25) is 0 Å². The number of hydrogen-bond acceptors (Lipinski definition) is 4. The van der Waals surface area contributed by atoms with Crippen molar-refractivity contribution in [1.82, 2.24) is 4.90 Å². The third kappa shape index (κ3) is 2.74. The first-order chi connectivity index (χ1) is 9.26. The van der Waals surface area contributed by atoms with Gasteiger partial charge in [-0.15, -0.1) is 0 Å². The number of carbonyl (C=O) groups is 1. The fourth-order valence-electron chi connectivity index (χ4n) is 3.19. The summed E-state index contributed by atoms with van der Waals surface area (Å²) >= 11 is 0. The van der Waals surface area contributed by atoms with Crippen molar-refractivity contribution < 1.29 is 14.3 Å². The number of hydrogen-bond donors (Lipinski definition) is 0. The summed E-state index contributed by atoms with van der Waals surface area (Å²) in [5.74, 6) is -0.0811. The van der Waals surface area contributed by atoms with Crippen LogP contribution in [0.1, 0.15) is 25.7 Å². The number of esters is 1. The molecule has 3 rings (SSSR count). The highest BCUT2D eigenvalue weighted by Crippen LogP contribution is 2.32. The second-order valence-corrected chi connectivity index (χ2v) is 5.54. The standard InChI is InChI=1S/C15H21NO3/c1-18-13-3-2-11-4-6-16(9-13)7-5-12-10-19-15(17)8-14(11)12/h2,13H,3-10H2,1H3/b11-2-/t13-/m0/s1. The molecule has 0 amide bonds. The molecule has 0 fully saturated rings. The predicted octanol–water partition coefficient (Wildman–Crippen LogP) is 1.67. The molecular weight excluding hydrogens is 242 g/mol. The molecule has 0 saturated carbocycles. The van der Waals surface area contributed by atoms with Gasteiger partial charge in [0.15, 0.2) is 0 Å². The fourth-order valence-corrected chi connectivity index (χ4v) is 3.19. The van der Waals surface area contributed by atoms with Crippen molar-refractivity contribution in [2.75, 3.05) is 33.4 Å². The number of rotatable bonds is 1. The van der Waals surface area contributed by atoms with E-state index in [-0.39, 0.29) is 12.1 Å². The Labute approximate surface area is 114 Å². The van der Waals surface area contributed by atoms with Crippen LogP contribution >= 0.6 is 0 Å². The highest BCUT2D eigenvalue weighted by Gasteiger charge is 2.27. The molecule has 0 saturated heterocycles. The second-order valence-electron chi connectivity index (χ2n) is 5.54. The Morgan fingerprint density at radius 2 is 2.21 bits per heavy atom. The highest BCUT2D eigenvalue weighted by molar-refractivity contribution is 5.76. The smallest absolute Gasteiger partial charge is 0.310 e. The Kier molecular flexibility index (Phi) is 3.71. The summed E-state index contributed by atoms with van der Waals surface area (Å²) in [6.45, 7) is 3.61. The van der Waals surface area contributed by atoms with Crippen LogP contribution in [-0.4, -0.2) is 50.3 Å². The maximum Gasteiger partial charge on any atom is 0.310 e. The van der Waals surface area contributed by atoms with Crippen LogP contribution in [-0.2, 0) is 14.3 Å². The minimum absolute atomic E-state index is 0.0811. The van der Waals surface area contributed by atoms with Gasteiger partial charge in [0, 0.05) is 26.7 Å². The van der Waals surface area contributed by atoms with E-state index in [2.05, 4.69) is 11.0 Å². The minimum atomic E-state index is -0.0811. The average molecular weight is 263 g/mol. The largest absolute Gasteiger partial charge is 0.461 e. The molecule has 3 aliphatic heterocycles. The van der Waals surface area contributed by atoms with Gasteiger partial charge >= 0.3 is 5.97 Å². The number of ether oxygens (including phenoxy) is 2. The summed E-state index contributed by atoms with van der Waals surface area (Å²) in [7, 11) is 1.78. The molecule has 4 nitrogen and oxygen atoms in total. The van der Waals surface area contributed by atoms with E-state index in [0.717, 1.165) is 38.9 Å². The molecule has 2 atom stereocenters. The first kappa shape index (κ1) is 12.9. The lowest BCUT2D eigenvalue weighted by Gasteiger charge is -2.34. The first-order valence-electron chi connectivity index (χ1n) is 7.07. The van der Waals surface area contributed by atoms with Crippen LogP contribution in [0, 0.1) is 0 Å². The fraction of sp³-hybridized carbons (Fsp3) is 0.667. The van der Waals surface area contributed by atoms with Gasteiger partial charge in [-0.2, -0.15) is 0 Å². The summed E-state index contributed by atoms with van der Waals surface area (Å²) in [6.07, 6.45) is 6.00. The molecule has 0 radical (unpaired) electrons. The molecule has 4 heteroatoms. The first-order valence-corrected chi connectivity index (χ1v) is 7.07. The van der Waals surface area contributed by atoms with Gasteiger partial charge in [-0.1, -0.05) is 6.08 Å². The Balaban J connectivity index is 1.94. The van der Waals surface area contributed by atoms with Crippen LogP contribution < -0.4 is 0 Å². The van der Waals surface area contributed by atoms with Gasteiger partial charge < -0.3 is 14.4 Å². The molecule has 3 heterocycles. The van der Waals surface area contributed by atoms with Gasteiger partial charge in [-0.25, -0.2) is 0 Å². The number of methoxy groups -OCH3 is 1. The van der Waals surface area contributed by atoms with Crippen LogP contribution in [0.5, 0.6) is 0 Å². The van der Waals surface area contributed by atoms with Crippen molar-refractivity contribution in [3.8, 4) is 0 Å². The van der Waals surface area contributed by atoms with Crippen molar-refractivity contribution in [2.24, 2.45) is 0 Å². The van der Waals surface area contributed by atoms with Crippen molar-refractivity contribution in [2.45, 2.75) is 31.8 Å². The lowest BCUT2D eigenvalue weighted by Crippen LogP contribution is -2.38. The third-order valence-corrected chi connectivity index (χ3v) is 4.39. The van der Waals surface area contributed by atoms with E-state index in [1.807, 2.05) is 0 Å². The van der Waals surface area contributed by atoms with Crippen molar-refractivity contribution in [3.05, 3.63) is 22.8 Å². The van der Waals surface area contributed by atoms with Gasteiger partial charge in [0.1, 0.15) is 6.61 Å². The summed E-state index contributed by atoms with van der Waals surface area (Å²) < 4.78 is 10.7. The summed E-state index contributed by atoms with van der Waals surface area (Å²) in [5.41, 5.74) is 3.93. The van der Waals surface area contributed by atoms with Crippen molar-refractivity contribution >= 4 is 5.97 Å².